The Morgan fingerprint density at radius 2 is 2.21 bits per heavy atom. The van der Waals surface area contributed by atoms with Gasteiger partial charge in [0.05, 0.1) is 12.6 Å². The van der Waals surface area contributed by atoms with Gasteiger partial charge in [0.15, 0.2) is 0 Å². The van der Waals surface area contributed by atoms with E-state index in [1.807, 2.05) is 4.90 Å². The van der Waals surface area contributed by atoms with Crippen LogP contribution in [0.4, 0.5) is 14.6 Å². The van der Waals surface area contributed by atoms with Crippen molar-refractivity contribution in [3.8, 4) is 5.88 Å². The maximum Gasteiger partial charge on any atom is 0.352 e. The largest absolute Gasteiger partial charge is 0.472 e. The first-order valence-corrected chi connectivity index (χ1v) is 7.65. The van der Waals surface area contributed by atoms with Gasteiger partial charge in [0.2, 0.25) is 5.88 Å². The molecule has 0 aliphatic carbocycles. The Labute approximate surface area is 136 Å². The van der Waals surface area contributed by atoms with Crippen molar-refractivity contribution in [1.82, 2.24) is 9.55 Å². The van der Waals surface area contributed by atoms with E-state index >= 15 is 0 Å². The molecule has 6 nitrogen and oxygen atoms in total. The number of fused-ring (bicyclic) bond motifs is 3. The summed E-state index contributed by atoms with van der Waals surface area (Å²) in [4.78, 5) is 18.1. The molecule has 3 heterocycles. The Morgan fingerprint density at radius 1 is 1.33 bits per heavy atom. The quantitative estimate of drug-likeness (QED) is 0.854. The lowest BCUT2D eigenvalue weighted by Crippen LogP contribution is -2.39. The molecule has 8 heteroatoms. The molecule has 1 aromatic heterocycles. The highest BCUT2D eigenvalue weighted by molar-refractivity contribution is 5.46. The van der Waals surface area contributed by atoms with Crippen LogP contribution in [0, 0.1) is 11.6 Å². The van der Waals surface area contributed by atoms with Crippen molar-refractivity contribution in [2.45, 2.75) is 25.6 Å². The van der Waals surface area contributed by atoms with Gasteiger partial charge in [0.1, 0.15) is 30.8 Å². The first kappa shape index (κ1) is 15.1. The fraction of sp³-hybridized carbons (Fsp3) is 0.375. The molecule has 0 radical (unpaired) electrons. The smallest absolute Gasteiger partial charge is 0.352 e. The number of ether oxygens (including phenoxy) is 2. The molecule has 0 N–H and O–H groups in total. The van der Waals surface area contributed by atoms with E-state index in [1.165, 1.54) is 6.07 Å². The first-order valence-electron chi connectivity index (χ1n) is 7.65. The number of rotatable bonds is 3. The Morgan fingerprint density at radius 3 is 3.04 bits per heavy atom. The Kier molecular flexibility index (Phi) is 3.68. The van der Waals surface area contributed by atoms with Gasteiger partial charge in [-0.05, 0) is 18.6 Å². The minimum Gasteiger partial charge on any atom is -0.472 e. The van der Waals surface area contributed by atoms with Crippen LogP contribution in [0.1, 0.15) is 12.0 Å². The van der Waals surface area contributed by atoms with Crippen molar-refractivity contribution in [2.24, 2.45) is 0 Å². The molecule has 0 spiro atoms. The molecule has 1 saturated heterocycles. The van der Waals surface area contributed by atoms with Gasteiger partial charge >= 0.3 is 5.69 Å². The molecule has 24 heavy (non-hydrogen) atoms. The molecular weight excluding hydrogens is 320 g/mol. The highest BCUT2D eigenvalue weighted by Crippen LogP contribution is 2.30. The zero-order valence-electron chi connectivity index (χ0n) is 12.7. The zero-order chi connectivity index (χ0) is 16.7. The van der Waals surface area contributed by atoms with Crippen molar-refractivity contribution in [2.75, 3.05) is 18.2 Å². The standard InChI is InChI=1S/C16H15F2N3O3/c17-11-2-1-10(13(18)5-11)8-24-14-6-15-20(16(22)19-14)7-12-3-4-23-9-21(12)15/h1-2,5-6,12H,3-4,7-9H2. The van der Waals surface area contributed by atoms with Gasteiger partial charge in [0.25, 0.3) is 0 Å². The third kappa shape index (κ3) is 2.62. The summed E-state index contributed by atoms with van der Waals surface area (Å²) in [5.41, 5.74) is -0.213. The van der Waals surface area contributed by atoms with Crippen LogP contribution in [0.3, 0.4) is 0 Å². The van der Waals surface area contributed by atoms with Gasteiger partial charge in [-0.15, -0.1) is 0 Å². The molecule has 0 bridgehead atoms. The van der Waals surface area contributed by atoms with E-state index in [9.17, 15) is 13.6 Å². The Hall–Kier alpha value is -2.48. The molecule has 1 fully saturated rings. The van der Waals surface area contributed by atoms with E-state index in [4.69, 9.17) is 9.47 Å². The van der Waals surface area contributed by atoms with Crippen molar-refractivity contribution < 1.29 is 18.3 Å². The number of aromatic nitrogens is 2. The predicted molar refractivity (Wildman–Crippen MR) is 80.9 cm³/mol. The maximum absolute atomic E-state index is 13.6. The van der Waals surface area contributed by atoms with E-state index in [-0.39, 0.29) is 24.1 Å². The Bertz CT molecular complexity index is 840. The van der Waals surface area contributed by atoms with Crippen molar-refractivity contribution in [1.29, 1.82) is 0 Å². The normalized spacial score (nSPS) is 19.1. The number of anilines is 1. The zero-order valence-corrected chi connectivity index (χ0v) is 12.7. The summed E-state index contributed by atoms with van der Waals surface area (Å²) in [7, 11) is 0. The summed E-state index contributed by atoms with van der Waals surface area (Å²) in [6.07, 6.45) is 0.845. The topological polar surface area (TPSA) is 56.6 Å². The van der Waals surface area contributed by atoms with Crippen LogP contribution in [0.25, 0.3) is 0 Å². The van der Waals surface area contributed by atoms with Gasteiger partial charge in [-0.2, -0.15) is 4.98 Å². The molecule has 0 saturated carbocycles. The van der Waals surface area contributed by atoms with Crippen molar-refractivity contribution in [3.05, 3.63) is 51.9 Å². The molecule has 1 atom stereocenters. The van der Waals surface area contributed by atoms with E-state index < -0.39 is 17.3 Å². The monoisotopic (exact) mass is 335 g/mol. The lowest BCUT2D eigenvalue weighted by atomic mass is 10.2. The molecular formula is C16H15F2N3O3. The van der Waals surface area contributed by atoms with E-state index in [2.05, 4.69) is 4.98 Å². The number of nitrogens with zero attached hydrogens (tertiary/aromatic N) is 3. The van der Waals surface area contributed by atoms with Gasteiger partial charge < -0.3 is 14.4 Å². The number of hydrogen-bond donors (Lipinski definition) is 0. The third-order valence-electron chi connectivity index (χ3n) is 4.31. The molecule has 1 unspecified atom stereocenters. The maximum atomic E-state index is 13.6. The summed E-state index contributed by atoms with van der Waals surface area (Å²) >= 11 is 0. The van der Waals surface area contributed by atoms with Crippen LogP contribution >= 0.6 is 0 Å². The average Bonchev–Trinajstić information content (AvgIpc) is 2.94. The van der Waals surface area contributed by atoms with Gasteiger partial charge in [-0.1, -0.05) is 0 Å². The number of benzene rings is 1. The molecule has 2 aromatic rings. The van der Waals surface area contributed by atoms with Crippen LogP contribution in [-0.4, -0.2) is 28.9 Å². The van der Waals surface area contributed by atoms with Crippen LogP contribution < -0.4 is 15.3 Å². The average molecular weight is 335 g/mol. The highest BCUT2D eigenvalue weighted by atomic mass is 19.1. The minimum absolute atomic E-state index is 0.112. The number of halogens is 2. The van der Waals surface area contributed by atoms with Crippen LogP contribution in [-0.2, 0) is 17.9 Å². The first-order chi connectivity index (χ1) is 11.6. The summed E-state index contributed by atoms with van der Waals surface area (Å²) in [6, 6.07) is 5.12. The van der Waals surface area contributed by atoms with Crippen LogP contribution in [0.15, 0.2) is 29.1 Å². The minimum atomic E-state index is -0.697. The Balaban J connectivity index is 1.57. The summed E-state index contributed by atoms with van der Waals surface area (Å²) in [5, 5.41) is 0. The molecule has 0 amide bonds. The summed E-state index contributed by atoms with van der Waals surface area (Å²) in [6.45, 7) is 1.53. The van der Waals surface area contributed by atoms with Crippen molar-refractivity contribution in [3.63, 3.8) is 0 Å². The second kappa shape index (κ2) is 5.86. The lowest BCUT2D eigenvalue weighted by Gasteiger charge is -2.30. The lowest BCUT2D eigenvalue weighted by molar-refractivity contribution is 0.0903. The highest BCUT2D eigenvalue weighted by Gasteiger charge is 2.33. The fourth-order valence-electron chi connectivity index (χ4n) is 3.04. The van der Waals surface area contributed by atoms with Gasteiger partial charge in [0, 0.05) is 24.2 Å². The second-order valence-corrected chi connectivity index (χ2v) is 5.82. The van der Waals surface area contributed by atoms with Gasteiger partial charge in [-0.25, -0.2) is 13.6 Å². The van der Waals surface area contributed by atoms with E-state index in [0.717, 1.165) is 18.6 Å². The second-order valence-electron chi connectivity index (χ2n) is 5.82. The van der Waals surface area contributed by atoms with Crippen LogP contribution in [0.2, 0.25) is 0 Å². The van der Waals surface area contributed by atoms with Crippen LogP contribution in [0.5, 0.6) is 5.88 Å². The molecule has 126 valence electrons. The third-order valence-corrected chi connectivity index (χ3v) is 4.31. The molecule has 1 aromatic carbocycles. The summed E-state index contributed by atoms with van der Waals surface area (Å²) < 4.78 is 39.0. The molecule has 2 aliphatic heterocycles. The van der Waals surface area contributed by atoms with Gasteiger partial charge in [-0.3, -0.25) is 4.57 Å². The molecule has 2 aliphatic rings. The SMILES string of the molecule is O=c1nc(OCc2ccc(F)cc2F)cc2n1CC1CCOCN21. The summed E-state index contributed by atoms with van der Waals surface area (Å²) in [5.74, 6) is -0.547. The van der Waals surface area contributed by atoms with Crippen molar-refractivity contribution >= 4 is 5.82 Å². The predicted octanol–water partition coefficient (Wildman–Crippen LogP) is 1.67. The van der Waals surface area contributed by atoms with E-state index in [0.29, 0.717) is 25.7 Å². The van der Waals surface area contributed by atoms with E-state index in [1.54, 1.807) is 10.6 Å². The number of hydrogen-bond acceptors (Lipinski definition) is 5. The molecule has 4 rings (SSSR count). The fourth-order valence-corrected chi connectivity index (χ4v) is 3.04.